The summed E-state index contributed by atoms with van der Waals surface area (Å²) in [6.45, 7) is 4.45. The fourth-order valence-corrected chi connectivity index (χ4v) is 3.42. The van der Waals surface area contributed by atoms with Crippen molar-refractivity contribution in [1.29, 1.82) is 0 Å². The Morgan fingerprint density at radius 3 is 2.30 bits per heavy atom. The van der Waals surface area contributed by atoms with Crippen molar-refractivity contribution in [2.45, 2.75) is 20.4 Å². The van der Waals surface area contributed by atoms with Crippen LogP contribution in [0.5, 0.6) is 0 Å². The molecule has 3 aromatic heterocycles. The largest absolute Gasteiger partial charge is 0.364 e. The van der Waals surface area contributed by atoms with Gasteiger partial charge in [0.05, 0.1) is 12.2 Å². The first-order valence-electron chi connectivity index (χ1n) is 10.9. The zero-order valence-corrected chi connectivity index (χ0v) is 18.5. The highest BCUT2D eigenvalue weighted by molar-refractivity contribution is 5.94. The van der Waals surface area contributed by atoms with E-state index < -0.39 is 5.82 Å². The Morgan fingerprint density at radius 1 is 0.788 bits per heavy atom. The Bertz CT molecular complexity index is 1330. The summed E-state index contributed by atoms with van der Waals surface area (Å²) < 4.78 is 15.2. The highest BCUT2D eigenvalue weighted by atomic mass is 19.1. The average molecular weight is 438 g/mol. The number of aromatic nitrogens is 4. The molecule has 2 aromatic carbocycles. The second-order valence-electron chi connectivity index (χ2n) is 7.03. The van der Waals surface area contributed by atoms with Crippen LogP contribution >= 0.6 is 0 Å². The Kier molecular flexibility index (Phi) is 6.95. The molecule has 6 heteroatoms. The molecule has 0 radical (unpaired) electrons. The summed E-state index contributed by atoms with van der Waals surface area (Å²) in [6, 6.07) is 22.5. The SMILES string of the molecule is CC.Fc1cc(-c2ccccc2)cc2c(NCc3ccccn3)nc(-c3cccnc3)nc12. The number of fused-ring (bicyclic) bond motifs is 1. The number of halogens is 1. The molecule has 0 aliphatic heterocycles. The Hall–Kier alpha value is -4.19. The van der Waals surface area contributed by atoms with Crippen molar-refractivity contribution in [2.24, 2.45) is 0 Å². The lowest BCUT2D eigenvalue weighted by Crippen LogP contribution is -2.06. The first-order chi connectivity index (χ1) is 16.3. The fraction of sp³-hybridized carbons (Fsp3) is 0.111. The third-order valence-corrected chi connectivity index (χ3v) is 4.94. The van der Waals surface area contributed by atoms with Crippen LogP contribution < -0.4 is 5.32 Å². The van der Waals surface area contributed by atoms with Gasteiger partial charge in [0.2, 0.25) is 0 Å². The van der Waals surface area contributed by atoms with Gasteiger partial charge in [-0.15, -0.1) is 0 Å². The van der Waals surface area contributed by atoms with Gasteiger partial charge in [-0.2, -0.15) is 0 Å². The van der Waals surface area contributed by atoms with Gasteiger partial charge in [0.15, 0.2) is 5.82 Å². The smallest absolute Gasteiger partial charge is 0.163 e. The number of nitrogens with zero attached hydrogens (tertiary/aromatic N) is 4. The molecule has 0 amide bonds. The van der Waals surface area contributed by atoms with Crippen LogP contribution in [0.25, 0.3) is 33.4 Å². The van der Waals surface area contributed by atoms with Crippen molar-refractivity contribution >= 4 is 16.7 Å². The minimum Gasteiger partial charge on any atom is -0.364 e. The molecule has 5 rings (SSSR count). The summed E-state index contributed by atoms with van der Waals surface area (Å²) >= 11 is 0. The number of hydrogen-bond donors (Lipinski definition) is 1. The van der Waals surface area contributed by atoms with Crippen molar-refractivity contribution in [3.63, 3.8) is 0 Å². The molecule has 1 N–H and O–H groups in total. The van der Waals surface area contributed by atoms with E-state index in [1.165, 1.54) is 6.07 Å². The molecule has 0 aliphatic rings. The van der Waals surface area contributed by atoms with Crippen LogP contribution in [0.15, 0.2) is 91.4 Å². The predicted octanol–water partition coefficient (Wildman–Crippen LogP) is 6.53. The second kappa shape index (κ2) is 10.4. The van der Waals surface area contributed by atoms with Crippen LogP contribution in [0.3, 0.4) is 0 Å². The highest BCUT2D eigenvalue weighted by Crippen LogP contribution is 2.31. The maximum atomic E-state index is 15.2. The number of anilines is 1. The summed E-state index contributed by atoms with van der Waals surface area (Å²) in [5.74, 6) is 0.562. The van der Waals surface area contributed by atoms with Gasteiger partial charge in [-0.3, -0.25) is 9.97 Å². The maximum Gasteiger partial charge on any atom is 0.163 e. The van der Waals surface area contributed by atoms with E-state index in [1.54, 1.807) is 24.7 Å². The first kappa shape index (κ1) is 22.0. The molecule has 5 nitrogen and oxygen atoms in total. The third kappa shape index (κ3) is 5.01. The number of benzene rings is 2. The highest BCUT2D eigenvalue weighted by Gasteiger charge is 2.15. The topological polar surface area (TPSA) is 63.6 Å². The molecule has 0 fully saturated rings. The van der Waals surface area contributed by atoms with Crippen molar-refractivity contribution in [3.05, 3.63) is 103 Å². The van der Waals surface area contributed by atoms with Crippen LogP contribution in [0.1, 0.15) is 19.5 Å². The monoisotopic (exact) mass is 437 g/mol. The van der Waals surface area contributed by atoms with Crippen molar-refractivity contribution < 1.29 is 4.39 Å². The van der Waals surface area contributed by atoms with E-state index in [0.29, 0.717) is 23.6 Å². The van der Waals surface area contributed by atoms with Gasteiger partial charge in [-0.25, -0.2) is 14.4 Å². The zero-order chi connectivity index (χ0) is 23.0. The molecule has 3 heterocycles. The lowest BCUT2D eigenvalue weighted by atomic mass is 10.0. The van der Waals surface area contributed by atoms with Gasteiger partial charge in [-0.1, -0.05) is 50.2 Å². The minimum atomic E-state index is -0.398. The normalized spacial score (nSPS) is 10.4. The third-order valence-electron chi connectivity index (χ3n) is 4.94. The molecule has 5 aromatic rings. The van der Waals surface area contributed by atoms with Crippen LogP contribution in [0.4, 0.5) is 10.2 Å². The molecule has 0 atom stereocenters. The Labute approximate surface area is 192 Å². The molecule has 0 saturated carbocycles. The van der Waals surface area contributed by atoms with Crippen LogP contribution in [-0.4, -0.2) is 19.9 Å². The van der Waals surface area contributed by atoms with Crippen LogP contribution in [0.2, 0.25) is 0 Å². The van der Waals surface area contributed by atoms with Gasteiger partial charge in [0, 0.05) is 29.5 Å². The zero-order valence-electron chi connectivity index (χ0n) is 18.5. The summed E-state index contributed by atoms with van der Waals surface area (Å²) in [7, 11) is 0. The number of nitrogens with one attached hydrogen (secondary N) is 1. The lowest BCUT2D eigenvalue weighted by molar-refractivity contribution is 0.637. The van der Waals surface area contributed by atoms with Crippen molar-refractivity contribution in [3.8, 4) is 22.5 Å². The molecule has 0 spiro atoms. The van der Waals surface area contributed by atoms with Gasteiger partial charge >= 0.3 is 0 Å². The lowest BCUT2D eigenvalue weighted by Gasteiger charge is -2.13. The maximum absolute atomic E-state index is 15.2. The van der Waals surface area contributed by atoms with Gasteiger partial charge in [-0.05, 0) is 47.5 Å². The number of pyridine rings is 2. The summed E-state index contributed by atoms with van der Waals surface area (Å²) in [5, 5.41) is 3.93. The molecule has 33 heavy (non-hydrogen) atoms. The van der Waals surface area contributed by atoms with Crippen LogP contribution in [0, 0.1) is 5.82 Å². The summed E-state index contributed by atoms with van der Waals surface area (Å²) in [4.78, 5) is 17.7. The number of hydrogen-bond acceptors (Lipinski definition) is 5. The fourth-order valence-electron chi connectivity index (χ4n) is 3.42. The molecule has 0 unspecified atom stereocenters. The second-order valence-corrected chi connectivity index (χ2v) is 7.03. The summed E-state index contributed by atoms with van der Waals surface area (Å²) in [6.07, 6.45) is 5.08. The van der Waals surface area contributed by atoms with Crippen molar-refractivity contribution in [2.75, 3.05) is 5.32 Å². The van der Waals surface area contributed by atoms with E-state index in [2.05, 4.69) is 20.3 Å². The van der Waals surface area contributed by atoms with Crippen LogP contribution in [-0.2, 0) is 6.54 Å². The molecule has 0 saturated heterocycles. The summed E-state index contributed by atoms with van der Waals surface area (Å²) in [5.41, 5.74) is 3.53. The van der Waals surface area contributed by atoms with Gasteiger partial charge < -0.3 is 5.32 Å². The minimum absolute atomic E-state index is 0.261. The molecule has 0 bridgehead atoms. The first-order valence-corrected chi connectivity index (χ1v) is 10.9. The quantitative estimate of drug-likeness (QED) is 0.339. The Balaban J connectivity index is 0.00000126. The molecular formula is C27H24FN5. The Morgan fingerprint density at radius 2 is 1.58 bits per heavy atom. The molecule has 164 valence electrons. The number of rotatable bonds is 5. The van der Waals surface area contributed by atoms with E-state index in [1.807, 2.05) is 74.5 Å². The van der Waals surface area contributed by atoms with Gasteiger partial charge in [0.1, 0.15) is 17.2 Å². The van der Waals surface area contributed by atoms with Gasteiger partial charge in [0.25, 0.3) is 0 Å². The predicted molar refractivity (Wildman–Crippen MR) is 131 cm³/mol. The molecule has 0 aliphatic carbocycles. The molecular weight excluding hydrogens is 413 g/mol. The average Bonchev–Trinajstić information content (AvgIpc) is 2.90. The van der Waals surface area contributed by atoms with Crippen molar-refractivity contribution in [1.82, 2.24) is 19.9 Å². The van der Waals surface area contributed by atoms with E-state index in [-0.39, 0.29) is 5.52 Å². The van der Waals surface area contributed by atoms with E-state index in [9.17, 15) is 0 Å². The van der Waals surface area contributed by atoms with E-state index in [0.717, 1.165) is 22.4 Å². The van der Waals surface area contributed by atoms with E-state index in [4.69, 9.17) is 4.98 Å². The van der Waals surface area contributed by atoms with E-state index >= 15 is 4.39 Å². The standard InChI is InChI=1S/C25H18FN5.C2H6/c26-22-14-19(17-7-2-1-3-8-17)13-21-23(22)30-24(18-9-6-11-27-15-18)31-25(21)29-16-20-10-4-5-12-28-20;1-2/h1-15H,16H2,(H,29,30,31);1-2H3.